The summed E-state index contributed by atoms with van der Waals surface area (Å²) in [4.78, 5) is 68.0. The monoisotopic (exact) mass is 672 g/mol. The molecule has 0 aliphatic carbocycles. The summed E-state index contributed by atoms with van der Waals surface area (Å²) in [6, 6.07) is 6.02. The van der Waals surface area contributed by atoms with E-state index in [0.717, 1.165) is 48.3 Å². The van der Waals surface area contributed by atoms with Gasteiger partial charge in [-0.3, -0.25) is 23.9 Å². The molecule has 3 amide bonds. The van der Waals surface area contributed by atoms with Crippen LogP contribution in [0.5, 0.6) is 5.75 Å². The van der Waals surface area contributed by atoms with Crippen LogP contribution < -0.4 is 10.1 Å². The van der Waals surface area contributed by atoms with E-state index < -0.39 is 31.5 Å². The molecule has 0 spiro atoms. The molecule has 46 heavy (non-hydrogen) atoms. The maximum Gasteiger partial charge on any atom is 0.363 e. The Labute approximate surface area is 270 Å². The summed E-state index contributed by atoms with van der Waals surface area (Å²) in [5.74, 6) is -2.05. The molecule has 1 unspecified atom stereocenters. The molecule has 3 fully saturated rings. The van der Waals surface area contributed by atoms with Crippen LogP contribution in [-0.2, 0) is 14.2 Å². The number of likely N-dealkylation sites (tertiary alicyclic amines) is 1. The average molecular weight is 673 g/mol. The number of halogens is 1. The molecular weight excluding hydrogens is 634 g/mol. The predicted octanol–water partition coefficient (Wildman–Crippen LogP) is 4.74. The highest BCUT2D eigenvalue weighted by Crippen LogP contribution is 2.53. The average Bonchev–Trinajstić information content (AvgIpc) is 3.63. The summed E-state index contributed by atoms with van der Waals surface area (Å²) < 4.78 is 31.8. The number of nitrogens with one attached hydrogen (secondary N) is 1. The van der Waals surface area contributed by atoms with Gasteiger partial charge in [0.1, 0.15) is 17.8 Å². The molecule has 246 valence electrons. The smallest absolute Gasteiger partial charge is 0.363 e. The number of alkyl halides is 1. The van der Waals surface area contributed by atoms with Crippen molar-refractivity contribution in [3.05, 3.63) is 58.7 Å². The highest BCUT2D eigenvalue weighted by Gasteiger charge is 2.48. The molecule has 5 heterocycles. The van der Waals surface area contributed by atoms with E-state index in [2.05, 4.69) is 17.2 Å². The molecule has 14 heteroatoms. The van der Waals surface area contributed by atoms with Crippen molar-refractivity contribution in [1.82, 2.24) is 20.1 Å². The van der Waals surface area contributed by atoms with Crippen LogP contribution in [0.4, 0.5) is 4.39 Å². The van der Waals surface area contributed by atoms with Crippen LogP contribution in [0.25, 0.3) is 10.1 Å². The number of aromatic nitrogens is 1. The number of benzene rings is 1. The van der Waals surface area contributed by atoms with Crippen molar-refractivity contribution < 1.29 is 37.9 Å². The lowest BCUT2D eigenvalue weighted by molar-refractivity contribution is -0.150. The van der Waals surface area contributed by atoms with Gasteiger partial charge in [-0.1, -0.05) is 19.4 Å². The first-order valence-corrected chi connectivity index (χ1v) is 18.1. The Morgan fingerprint density at radius 1 is 1.17 bits per heavy atom. The lowest BCUT2D eigenvalue weighted by Crippen LogP contribution is -2.60. The SMILES string of the molecule is CC[C@H]1CC[C@H](NC(=O)c2cc3cc(C(F)P(=O)(O)O)ccc3s2)C(=O)N2[C@H](CC[C@H]2C(=O)N2CC(c3cnccc3OC)C2)C1. The van der Waals surface area contributed by atoms with Gasteiger partial charge in [-0.05, 0) is 73.2 Å². The molecular formula is C32H38FN4O7PS. The third kappa shape index (κ3) is 6.30. The van der Waals surface area contributed by atoms with Crippen molar-refractivity contribution in [2.75, 3.05) is 20.2 Å². The third-order valence-corrected chi connectivity index (χ3v) is 11.7. The summed E-state index contributed by atoms with van der Waals surface area (Å²) in [5.41, 5.74) is 0.785. The van der Waals surface area contributed by atoms with Crippen molar-refractivity contribution in [1.29, 1.82) is 0 Å². The van der Waals surface area contributed by atoms with E-state index in [9.17, 15) is 33.1 Å². The topological polar surface area (TPSA) is 149 Å². The van der Waals surface area contributed by atoms with Gasteiger partial charge >= 0.3 is 7.60 Å². The van der Waals surface area contributed by atoms with Gasteiger partial charge in [0.25, 0.3) is 5.91 Å². The molecule has 6 rings (SSSR count). The highest BCUT2D eigenvalue weighted by atomic mass is 32.1. The van der Waals surface area contributed by atoms with E-state index in [0.29, 0.717) is 46.8 Å². The zero-order valence-corrected chi connectivity index (χ0v) is 27.4. The number of pyridine rings is 1. The van der Waals surface area contributed by atoms with Gasteiger partial charge < -0.3 is 29.6 Å². The summed E-state index contributed by atoms with van der Waals surface area (Å²) in [6.07, 6.45) is 7.72. The highest BCUT2D eigenvalue weighted by molar-refractivity contribution is 7.51. The number of rotatable bonds is 8. The lowest BCUT2D eigenvalue weighted by atomic mass is 9.87. The fourth-order valence-corrected chi connectivity index (χ4v) is 8.60. The van der Waals surface area contributed by atoms with Gasteiger partial charge in [0.05, 0.1) is 12.0 Å². The maximum absolute atomic E-state index is 14.3. The van der Waals surface area contributed by atoms with E-state index in [1.165, 1.54) is 24.3 Å². The number of fused-ring (bicyclic) bond motifs is 2. The number of carbonyl (C=O) groups is 3. The first-order valence-electron chi connectivity index (χ1n) is 15.6. The minimum Gasteiger partial charge on any atom is -0.496 e. The van der Waals surface area contributed by atoms with Crippen LogP contribution in [0.2, 0.25) is 0 Å². The lowest BCUT2D eigenvalue weighted by Gasteiger charge is -2.43. The molecule has 0 radical (unpaired) electrons. The summed E-state index contributed by atoms with van der Waals surface area (Å²) in [5, 5.41) is 3.40. The van der Waals surface area contributed by atoms with Crippen molar-refractivity contribution in [3.8, 4) is 5.75 Å². The van der Waals surface area contributed by atoms with E-state index in [1.807, 2.05) is 0 Å². The second-order valence-electron chi connectivity index (χ2n) is 12.5. The van der Waals surface area contributed by atoms with Gasteiger partial charge in [-0.15, -0.1) is 11.3 Å². The minimum atomic E-state index is -4.98. The number of carbonyl (C=O) groups excluding carboxylic acids is 3. The van der Waals surface area contributed by atoms with Crippen molar-refractivity contribution >= 4 is 46.7 Å². The Bertz CT molecular complexity index is 1690. The van der Waals surface area contributed by atoms with Crippen molar-refractivity contribution in [2.24, 2.45) is 5.92 Å². The quantitative estimate of drug-likeness (QED) is 0.291. The van der Waals surface area contributed by atoms with Gasteiger partial charge in [-0.2, -0.15) is 0 Å². The number of ether oxygens (including phenoxy) is 1. The normalized spacial score (nSPS) is 24.6. The number of amides is 3. The van der Waals surface area contributed by atoms with E-state index in [1.54, 1.807) is 35.4 Å². The Morgan fingerprint density at radius 2 is 1.96 bits per heavy atom. The zero-order valence-electron chi connectivity index (χ0n) is 25.7. The molecule has 3 aliphatic heterocycles. The number of thiophene rings is 1. The summed E-state index contributed by atoms with van der Waals surface area (Å²) >= 11 is 1.15. The standard InChI is InChI=1S/C32H38FN4O7PS/c1-3-18-4-7-24(35-30(38)28-14-20-13-19(5-9-27(20)46-28)29(33)45(41,42)43)31(39)37-22(12-18)6-8-25(37)32(40)36-16-21(17-36)23-15-34-11-10-26(23)44-2/h5,9-11,13-15,18,21-22,24-25,29H,3-4,6-8,12,16-17H2,1-2H3,(H,35,38)(H2,41,42,43)/t18-,22+,24-,25-,29?/m0/s1. The first-order chi connectivity index (χ1) is 22.0. The van der Waals surface area contributed by atoms with Gasteiger partial charge in [0, 0.05) is 47.7 Å². The molecule has 3 saturated heterocycles. The maximum atomic E-state index is 14.3. The van der Waals surface area contributed by atoms with Crippen LogP contribution in [0.15, 0.2) is 42.7 Å². The number of hydrogen-bond acceptors (Lipinski definition) is 7. The van der Waals surface area contributed by atoms with Crippen LogP contribution in [0.1, 0.15) is 78.1 Å². The Balaban J connectivity index is 1.18. The van der Waals surface area contributed by atoms with E-state index in [-0.39, 0.29) is 29.3 Å². The van der Waals surface area contributed by atoms with Crippen LogP contribution in [0, 0.1) is 5.92 Å². The number of methoxy groups -OCH3 is 1. The Kier molecular flexibility index (Phi) is 9.22. The minimum absolute atomic E-state index is 0.0737. The fraction of sp³-hybridized carbons (Fsp3) is 0.500. The van der Waals surface area contributed by atoms with Crippen LogP contribution in [-0.4, -0.2) is 80.6 Å². The molecule has 3 N–H and O–H groups in total. The van der Waals surface area contributed by atoms with Gasteiger partial charge in [-0.25, -0.2) is 4.39 Å². The van der Waals surface area contributed by atoms with Crippen molar-refractivity contribution in [2.45, 2.75) is 75.4 Å². The molecule has 0 bridgehead atoms. The molecule has 11 nitrogen and oxygen atoms in total. The third-order valence-electron chi connectivity index (χ3n) is 9.69. The second kappa shape index (κ2) is 13.0. The van der Waals surface area contributed by atoms with Crippen molar-refractivity contribution in [3.63, 3.8) is 0 Å². The number of nitrogens with zero attached hydrogens (tertiary/aromatic N) is 3. The molecule has 5 atom stereocenters. The van der Waals surface area contributed by atoms with Gasteiger partial charge in [0.15, 0.2) is 0 Å². The largest absolute Gasteiger partial charge is 0.496 e. The summed E-state index contributed by atoms with van der Waals surface area (Å²) in [7, 11) is -3.37. The summed E-state index contributed by atoms with van der Waals surface area (Å²) in [6.45, 7) is 3.16. The van der Waals surface area contributed by atoms with E-state index in [4.69, 9.17) is 4.74 Å². The molecule has 1 aromatic carbocycles. The van der Waals surface area contributed by atoms with E-state index >= 15 is 0 Å². The van der Waals surface area contributed by atoms with Crippen LogP contribution >= 0.6 is 18.9 Å². The van der Waals surface area contributed by atoms with Crippen LogP contribution in [0.3, 0.4) is 0 Å². The zero-order chi connectivity index (χ0) is 32.7. The molecule has 2 aromatic heterocycles. The van der Waals surface area contributed by atoms with Gasteiger partial charge in [0.2, 0.25) is 17.7 Å². The molecule has 0 saturated carbocycles. The Hall–Kier alpha value is -3.38. The first kappa shape index (κ1) is 32.6. The molecule has 3 aliphatic rings. The molecule has 3 aromatic rings. The Morgan fingerprint density at radius 3 is 2.67 bits per heavy atom. The predicted molar refractivity (Wildman–Crippen MR) is 170 cm³/mol. The second-order valence-corrected chi connectivity index (χ2v) is 15.2. The number of hydrogen-bond donors (Lipinski definition) is 3. The fourth-order valence-electron chi connectivity index (χ4n) is 7.10.